The van der Waals surface area contributed by atoms with Crippen LogP contribution in [-0.2, 0) is 0 Å². The molecule has 5 heteroatoms. The fourth-order valence-corrected chi connectivity index (χ4v) is 2.88. The zero-order chi connectivity index (χ0) is 14.4. The van der Waals surface area contributed by atoms with Gasteiger partial charge in [0.25, 0.3) is 0 Å². The van der Waals surface area contributed by atoms with Gasteiger partial charge in [-0.3, -0.25) is 0 Å². The van der Waals surface area contributed by atoms with Crippen molar-refractivity contribution < 1.29 is 9.13 Å². The molecule has 3 nitrogen and oxygen atoms in total. The van der Waals surface area contributed by atoms with Gasteiger partial charge in [-0.2, -0.15) is 9.37 Å². The van der Waals surface area contributed by atoms with E-state index >= 15 is 0 Å². The molecule has 1 heterocycles. The van der Waals surface area contributed by atoms with Gasteiger partial charge in [0.05, 0.1) is 7.11 Å². The van der Waals surface area contributed by atoms with Gasteiger partial charge in [0.2, 0.25) is 11.8 Å². The van der Waals surface area contributed by atoms with Crippen molar-refractivity contribution in [1.29, 1.82) is 0 Å². The molecule has 0 radical (unpaired) electrons. The molecule has 0 atom stereocenters. The van der Waals surface area contributed by atoms with E-state index in [9.17, 15) is 4.39 Å². The molecule has 0 saturated heterocycles. The van der Waals surface area contributed by atoms with Gasteiger partial charge >= 0.3 is 0 Å². The molecule has 20 heavy (non-hydrogen) atoms. The first-order valence-corrected chi connectivity index (χ1v) is 8.18. The molecule has 0 aromatic carbocycles. The topological polar surface area (TPSA) is 34.1 Å². The zero-order valence-corrected chi connectivity index (χ0v) is 12.8. The van der Waals surface area contributed by atoms with Gasteiger partial charge < -0.3 is 9.46 Å². The van der Waals surface area contributed by atoms with Crippen LogP contribution in [0.5, 0.6) is 5.88 Å². The first-order chi connectivity index (χ1) is 9.74. The number of anilines is 1. The molecule has 2 rings (SSSR count). The molecule has 0 spiro atoms. The Hall–Kier alpha value is -1.23. The Kier molecular flexibility index (Phi) is 5.71. The van der Waals surface area contributed by atoms with Crippen LogP contribution < -0.4 is 9.46 Å². The molecular weight excluding hydrogens is 275 g/mol. The maximum absolute atomic E-state index is 13.7. The first kappa shape index (κ1) is 15.2. The number of rotatable bonds is 5. The van der Waals surface area contributed by atoms with Crippen LogP contribution in [-0.4, -0.2) is 18.3 Å². The molecule has 1 fully saturated rings. The highest BCUT2D eigenvalue weighted by molar-refractivity contribution is 7.99. The van der Waals surface area contributed by atoms with E-state index in [0.717, 1.165) is 5.56 Å². The summed E-state index contributed by atoms with van der Waals surface area (Å²) < 4.78 is 21.8. The maximum atomic E-state index is 13.7. The van der Waals surface area contributed by atoms with E-state index in [1.165, 1.54) is 51.2 Å². The molecule has 1 aliphatic carbocycles. The summed E-state index contributed by atoms with van der Waals surface area (Å²) in [5.74, 6) is 0.419. The maximum Gasteiger partial charge on any atom is 0.240 e. The highest BCUT2D eigenvalue weighted by atomic mass is 32.2. The van der Waals surface area contributed by atoms with Gasteiger partial charge in [0.1, 0.15) is 5.69 Å². The summed E-state index contributed by atoms with van der Waals surface area (Å²) in [5.41, 5.74) is 1.21. The molecule has 0 amide bonds. The molecule has 0 bridgehead atoms. The summed E-state index contributed by atoms with van der Waals surface area (Å²) in [6.07, 6.45) is 12.5. The molecule has 0 aliphatic heterocycles. The van der Waals surface area contributed by atoms with E-state index in [0.29, 0.717) is 17.5 Å². The van der Waals surface area contributed by atoms with Gasteiger partial charge in [0, 0.05) is 11.8 Å². The molecule has 1 saturated carbocycles. The van der Waals surface area contributed by atoms with Crippen molar-refractivity contribution in [1.82, 2.24) is 4.98 Å². The Morgan fingerprint density at radius 2 is 2.15 bits per heavy atom. The van der Waals surface area contributed by atoms with E-state index in [1.807, 2.05) is 12.3 Å². The minimum atomic E-state index is -0.536. The van der Waals surface area contributed by atoms with Crippen LogP contribution in [0.15, 0.2) is 12.1 Å². The Labute approximate surface area is 124 Å². The van der Waals surface area contributed by atoms with Crippen LogP contribution in [0.4, 0.5) is 10.1 Å². The SMILES string of the molecule is COc1nc(F)c(NSC)cc1/C=C/C1CCCCC1. The minimum Gasteiger partial charge on any atom is -0.480 e. The third-order valence-electron chi connectivity index (χ3n) is 3.57. The van der Waals surface area contributed by atoms with Crippen molar-refractivity contribution in [2.75, 3.05) is 18.1 Å². The van der Waals surface area contributed by atoms with Crippen molar-refractivity contribution >= 4 is 23.7 Å². The molecule has 1 aromatic heterocycles. The van der Waals surface area contributed by atoms with E-state index in [1.54, 1.807) is 6.07 Å². The predicted octanol–water partition coefficient (Wildman–Crippen LogP) is 4.51. The van der Waals surface area contributed by atoms with Crippen molar-refractivity contribution in [2.24, 2.45) is 5.92 Å². The summed E-state index contributed by atoms with van der Waals surface area (Å²) in [6.45, 7) is 0. The van der Waals surface area contributed by atoms with Crippen LogP contribution in [0.2, 0.25) is 0 Å². The zero-order valence-electron chi connectivity index (χ0n) is 12.0. The smallest absolute Gasteiger partial charge is 0.240 e. The number of hydrogen-bond donors (Lipinski definition) is 1. The number of allylic oxidation sites excluding steroid dienone is 1. The second-order valence-electron chi connectivity index (χ2n) is 4.99. The summed E-state index contributed by atoms with van der Waals surface area (Å²) in [5, 5.41) is 0. The summed E-state index contributed by atoms with van der Waals surface area (Å²) in [4.78, 5) is 3.86. The fraction of sp³-hybridized carbons (Fsp3) is 0.533. The number of nitrogens with one attached hydrogen (secondary N) is 1. The molecule has 1 aromatic rings. The second-order valence-corrected chi connectivity index (χ2v) is 5.60. The van der Waals surface area contributed by atoms with Gasteiger partial charge in [-0.25, -0.2) is 0 Å². The molecule has 0 unspecified atom stereocenters. The van der Waals surface area contributed by atoms with E-state index in [2.05, 4.69) is 15.8 Å². The van der Waals surface area contributed by atoms with Crippen molar-refractivity contribution in [3.63, 3.8) is 0 Å². The van der Waals surface area contributed by atoms with Crippen LogP contribution in [0.3, 0.4) is 0 Å². The lowest BCUT2D eigenvalue weighted by Gasteiger charge is -2.18. The molecular formula is C15H21FN2OS. The number of methoxy groups -OCH3 is 1. The summed E-state index contributed by atoms with van der Waals surface area (Å²) in [7, 11) is 1.52. The lowest BCUT2D eigenvalue weighted by Crippen LogP contribution is -2.03. The Morgan fingerprint density at radius 1 is 1.40 bits per heavy atom. The Bertz CT molecular complexity index is 473. The van der Waals surface area contributed by atoms with Crippen molar-refractivity contribution in [3.05, 3.63) is 23.7 Å². The lowest BCUT2D eigenvalue weighted by atomic mass is 9.89. The first-order valence-electron chi connectivity index (χ1n) is 6.96. The third-order valence-corrected chi connectivity index (χ3v) is 4.00. The predicted molar refractivity (Wildman–Crippen MR) is 83.5 cm³/mol. The second kappa shape index (κ2) is 7.53. The van der Waals surface area contributed by atoms with Crippen LogP contribution >= 0.6 is 11.9 Å². The van der Waals surface area contributed by atoms with Gasteiger partial charge in [-0.1, -0.05) is 43.4 Å². The van der Waals surface area contributed by atoms with E-state index in [-0.39, 0.29) is 0 Å². The quantitative estimate of drug-likeness (QED) is 0.640. The normalized spacial score (nSPS) is 16.6. The number of pyridine rings is 1. The summed E-state index contributed by atoms with van der Waals surface area (Å²) in [6, 6.07) is 1.75. The Balaban J connectivity index is 2.19. The molecule has 110 valence electrons. The highest BCUT2D eigenvalue weighted by Gasteiger charge is 2.13. The monoisotopic (exact) mass is 296 g/mol. The van der Waals surface area contributed by atoms with Gasteiger partial charge in [0.15, 0.2) is 0 Å². The standard InChI is InChI=1S/C15H21FN2OS/c1-19-15-12(9-8-11-6-4-3-5-7-11)10-13(18-20-2)14(16)17-15/h8-11,18H,3-7H2,1-2H3/b9-8+. The number of nitrogens with zero attached hydrogens (tertiary/aromatic N) is 1. The van der Waals surface area contributed by atoms with Crippen LogP contribution in [0, 0.1) is 11.9 Å². The van der Waals surface area contributed by atoms with E-state index < -0.39 is 5.95 Å². The summed E-state index contributed by atoms with van der Waals surface area (Å²) >= 11 is 1.34. The Morgan fingerprint density at radius 3 is 2.80 bits per heavy atom. The highest BCUT2D eigenvalue weighted by Crippen LogP contribution is 2.28. The fourth-order valence-electron chi connectivity index (χ4n) is 2.52. The lowest BCUT2D eigenvalue weighted by molar-refractivity contribution is 0.387. The van der Waals surface area contributed by atoms with Crippen LogP contribution in [0.25, 0.3) is 6.08 Å². The number of hydrogen-bond acceptors (Lipinski definition) is 4. The van der Waals surface area contributed by atoms with Crippen molar-refractivity contribution in [2.45, 2.75) is 32.1 Å². The van der Waals surface area contributed by atoms with Gasteiger partial charge in [-0.05, 0) is 24.8 Å². The molecule has 1 aliphatic rings. The molecule has 1 N–H and O–H groups in total. The third kappa shape index (κ3) is 3.88. The number of ether oxygens (including phenoxy) is 1. The number of aromatic nitrogens is 1. The van der Waals surface area contributed by atoms with Crippen molar-refractivity contribution in [3.8, 4) is 5.88 Å². The average molecular weight is 296 g/mol. The van der Waals surface area contributed by atoms with Crippen LogP contribution in [0.1, 0.15) is 37.7 Å². The largest absolute Gasteiger partial charge is 0.480 e. The number of halogens is 1. The minimum absolute atomic E-state index is 0.334. The average Bonchev–Trinajstić information content (AvgIpc) is 2.48. The van der Waals surface area contributed by atoms with E-state index in [4.69, 9.17) is 4.74 Å². The van der Waals surface area contributed by atoms with Gasteiger partial charge in [-0.15, -0.1) is 0 Å².